The third-order valence-corrected chi connectivity index (χ3v) is 3.65. The maximum Gasteiger partial charge on any atom is 0.142 e. The van der Waals surface area contributed by atoms with Gasteiger partial charge < -0.3 is 10.1 Å². The van der Waals surface area contributed by atoms with Gasteiger partial charge in [-0.05, 0) is 33.8 Å². The van der Waals surface area contributed by atoms with Crippen molar-refractivity contribution < 1.29 is 9.13 Å². The number of hydrogen-bond donors (Lipinski definition) is 1. The Balaban J connectivity index is 2.10. The van der Waals surface area contributed by atoms with Crippen LogP contribution >= 0.6 is 11.3 Å². The van der Waals surface area contributed by atoms with Crippen LogP contribution in [-0.2, 0) is 4.74 Å². The Morgan fingerprint density at radius 3 is 2.75 bits per heavy atom. The highest BCUT2D eigenvalue weighted by atomic mass is 32.1. The Bertz CT molecular complexity index is 592. The van der Waals surface area contributed by atoms with Crippen LogP contribution in [-0.4, -0.2) is 22.3 Å². The second-order valence-corrected chi connectivity index (χ2v) is 6.40. The number of nitrogens with zero attached hydrogens (tertiary/aromatic N) is 2. The average Bonchev–Trinajstić information content (AvgIpc) is 2.70. The maximum absolute atomic E-state index is 13.2. The smallest absolute Gasteiger partial charge is 0.142 e. The first-order chi connectivity index (χ1) is 9.35. The fraction of sp³-hybridized carbons (Fsp3) is 0.429. The van der Waals surface area contributed by atoms with Crippen molar-refractivity contribution in [1.29, 1.82) is 0 Å². The summed E-state index contributed by atoms with van der Waals surface area (Å²) in [6.45, 7) is 8.31. The van der Waals surface area contributed by atoms with Gasteiger partial charge in [0.15, 0.2) is 0 Å². The van der Waals surface area contributed by atoms with Crippen molar-refractivity contribution in [3.8, 4) is 10.6 Å². The molecule has 2 heterocycles. The predicted octanol–water partition coefficient (Wildman–Crippen LogP) is 3.84. The van der Waals surface area contributed by atoms with Crippen LogP contribution < -0.4 is 5.32 Å². The van der Waals surface area contributed by atoms with Crippen molar-refractivity contribution in [2.45, 2.75) is 33.3 Å². The SMILES string of the molecule is Cc1nc(-c2cncc(F)c2)sc1NCOC(C)(C)C. The summed E-state index contributed by atoms with van der Waals surface area (Å²) in [7, 11) is 0. The fourth-order valence-corrected chi connectivity index (χ4v) is 2.46. The minimum absolute atomic E-state index is 0.194. The summed E-state index contributed by atoms with van der Waals surface area (Å²) in [6.07, 6.45) is 2.79. The van der Waals surface area contributed by atoms with Gasteiger partial charge in [-0.25, -0.2) is 9.37 Å². The van der Waals surface area contributed by atoms with Crippen molar-refractivity contribution in [3.05, 3.63) is 30.0 Å². The van der Waals surface area contributed by atoms with E-state index in [1.54, 1.807) is 6.20 Å². The molecule has 0 atom stereocenters. The van der Waals surface area contributed by atoms with E-state index in [4.69, 9.17) is 4.74 Å². The monoisotopic (exact) mass is 295 g/mol. The molecule has 0 fully saturated rings. The van der Waals surface area contributed by atoms with Crippen LogP contribution in [0.5, 0.6) is 0 Å². The van der Waals surface area contributed by atoms with Gasteiger partial charge in [0.25, 0.3) is 0 Å². The summed E-state index contributed by atoms with van der Waals surface area (Å²) in [5.74, 6) is -0.360. The molecule has 0 bridgehead atoms. The molecule has 2 aromatic rings. The number of aromatic nitrogens is 2. The minimum Gasteiger partial charge on any atom is -0.356 e. The van der Waals surface area contributed by atoms with Gasteiger partial charge in [0.2, 0.25) is 0 Å². The maximum atomic E-state index is 13.2. The van der Waals surface area contributed by atoms with Gasteiger partial charge in [-0.1, -0.05) is 11.3 Å². The molecule has 6 heteroatoms. The topological polar surface area (TPSA) is 47.0 Å². The van der Waals surface area contributed by atoms with Gasteiger partial charge in [0.1, 0.15) is 22.6 Å². The van der Waals surface area contributed by atoms with Crippen molar-refractivity contribution in [2.75, 3.05) is 12.0 Å². The molecule has 1 N–H and O–H groups in total. The third kappa shape index (κ3) is 3.98. The molecule has 0 aliphatic heterocycles. The molecule has 0 unspecified atom stereocenters. The lowest BCUT2D eigenvalue weighted by molar-refractivity contribution is 0.00854. The van der Waals surface area contributed by atoms with E-state index in [1.165, 1.54) is 23.6 Å². The lowest BCUT2D eigenvalue weighted by atomic mass is 10.2. The van der Waals surface area contributed by atoms with Crippen LogP contribution in [0.4, 0.5) is 9.39 Å². The summed E-state index contributed by atoms with van der Waals surface area (Å²) in [5.41, 5.74) is 1.36. The summed E-state index contributed by atoms with van der Waals surface area (Å²) < 4.78 is 18.8. The molecule has 0 aliphatic carbocycles. The number of aryl methyl sites for hydroxylation is 1. The van der Waals surface area contributed by atoms with E-state index < -0.39 is 0 Å². The van der Waals surface area contributed by atoms with Crippen LogP contribution in [0, 0.1) is 12.7 Å². The summed E-state index contributed by atoms with van der Waals surface area (Å²) in [4.78, 5) is 8.27. The molecular weight excluding hydrogens is 277 g/mol. The molecule has 2 rings (SSSR count). The van der Waals surface area contributed by atoms with Crippen LogP contribution in [0.1, 0.15) is 26.5 Å². The molecule has 0 aliphatic rings. The number of ether oxygens (including phenoxy) is 1. The lowest BCUT2D eigenvalue weighted by Crippen LogP contribution is -2.22. The molecule has 0 saturated carbocycles. The van der Waals surface area contributed by atoms with Gasteiger partial charge in [-0.2, -0.15) is 0 Å². The second kappa shape index (κ2) is 5.85. The zero-order valence-electron chi connectivity index (χ0n) is 12.0. The molecule has 0 aromatic carbocycles. The largest absolute Gasteiger partial charge is 0.356 e. The van der Waals surface area contributed by atoms with Gasteiger partial charge in [-0.3, -0.25) is 4.98 Å². The number of thiazole rings is 1. The summed E-state index contributed by atoms with van der Waals surface area (Å²) in [6, 6.07) is 1.43. The molecule has 0 saturated heterocycles. The number of hydrogen-bond acceptors (Lipinski definition) is 5. The van der Waals surface area contributed by atoms with Crippen molar-refractivity contribution >= 4 is 16.3 Å². The number of anilines is 1. The van der Waals surface area contributed by atoms with Crippen LogP contribution in [0.15, 0.2) is 18.5 Å². The van der Waals surface area contributed by atoms with E-state index in [0.29, 0.717) is 12.3 Å². The van der Waals surface area contributed by atoms with E-state index >= 15 is 0 Å². The Morgan fingerprint density at radius 1 is 1.35 bits per heavy atom. The fourth-order valence-electron chi connectivity index (χ4n) is 1.53. The highest BCUT2D eigenvalue weighted by molar-refractivity contribution is 7.19. The zero-order chi connectivity index (χ0) is 14.8. The highest BCUT2D eigenvalue weighted by Crippen LogP contribution is 2.31. The van der Waals surface area contributed by atoms with Crippen molar-refractivity contribution in [2.24, 2.45) is 0 Å². The van der Waals surface area contributed by atoms with E-state index in [9.17, 15) is 4.39 Å². The normalized spacial score (nSPS) is 11.7. The van der Waals surface area contributed by atoms with Gasteiger partial charge in [-0.15, -0.1) is 0 Å². The third-order valence-electron chi connectivity index (χ3n) is 2.49. The van der Waals surface area contributed by atoms with Crippen LogP contribution in [0.25, 0.3) is 10.6 Å². The Kier molecular flexibility index (Phi) is 4.35. The molecule has 20 heavy (non-hydrogen) atoms. The quantitative estimate of drug-likeness (QED) is 0.871. The van der Waals surface area contributed by atoms with Crippen LogP contribution in [0.2, 0.25) is 0 Å². The van der Waals surface area contributed by atoms with Gasteiger partial charge in [0, 0.05) is 11.8 Å². The first kappa shape index (κ1) is 14.9. The highest BCUT2D eigenvalue weighted by Gasteiger charge is 2.12. The molecule has 2 aromatic heterocycles. The lowest BCUT2D eigenvalue weighted by Gasteiger charge is -2.19. The predicted molar refractivity (Wildman–Crippen MR) is 79.4 cm³/mol. The zero-order valence-corrected chi connectivity index (χ0v) is 12.8. The summed E-state index contributed by atoms with van der Waals surface area (Å²) >= 11 is 1.46. The average molecular weight is 295 g/mol. The van der Waals surface area contributed by atoms with E-state index in [0.717, 1.165) is 15.7 Å². The standard InChI is InChI=1S/C14H18FN3OS/c1-9-12(17-8-19-14(2,3)4)20-13(18-9)10-5-11(15)7-16-6-10/h5-7,17H,8H2,1-4H3. The Labute approximate surface area is 122 Å². The Hall–Kier alpha value is -1.53. The summed E-state index contributed by atoms with van der Waals surface area (Å²) in [5, 5.41) is 4.86. The van der Waals surface area contributed by atoms with Crippen LogP contribution in [0.3, 0.4) is 0 Å². The number of nitrogens with one attached hydrogen (secondary N) is 1. The van der Waals surface area contributed by atoms with Gasteiger partial charge in [0.05, 0.1) is 17.5 Å². The number of rotatable bonds is 4. The first-order valence-corrected chi connectivity index (χ1v) is 7.13. The number of pyridine rings is 1. The molecule has 0 radical (unpaired) electrons. The molecule has 4 nitrogen and oxygen atoms in total. The molecular formula is C14H18FN3OS. The van der Waals surface area contributed by atoms with Crippen molar-refractivity contribution in [3.63, 3.8) is 0 Å². The van der Waals surface area contributed by atoms with E-state index in [1.807, 2.05) is 27.7 Å². The Morgan fingerprint density at radius 2 is 2.10 bits per heavy atom. The van der Waals surface area contributed by atoms with E-state index in [-0.39, 0.29) is 11.4 Å². The molecule has 0 amide bonds. The first-order valence-electron chi connectivity index (χ1n) is 6.31. The number of halogens is 1. The van der Waals surface area contributed by atoms with E-state index in [2.05, 4.69) is 15.3 Å². The molecule has 0 spiro atoms. The molecule has 108 valence electrons. The van der Waals surface area contributed by atoms with Gasteiger partial charge >= 0.3 is 0 Å². The van der Waals surface area contributed by atoms with Crippen molar-refractivity contribution in [1.82, 2.24) is 9.97 Å². The minimum atomic E-state index is -0.360. The second-order valence-electron chi connectivity index (χ2n) is 5.40.